The molecule has 1 fully saturated rings. The highest BCUT2D eigenvalue weighted by Crippen LogP contribution is 2.41. The number of amides is 1. The van der Waals surface area contributed by atoms with E-state index >= 15 is 0 Å². The summed E-state index contributed by atoms with van der Waals surface area (Å²) < 4.78 is 9.87. The molecule has 19 heavy (non-hydrogen) atoms. The summed E-state index contributed by atoms with van der Waals surface area (Å²) in [5.74, 6) is -1.15. The summed E-state index contributed by atoms with van der Waals surface area (Å²) in [7, 11) is 2.94. The van der Waals surface area contributed by atoms with Crippen LogP contribution in [-0.2, 0) is 19.1 Å². The van der Waals surface area contributed by atoms with Gasteiger partial charge in [-0.05, 0) is 19.3 Å². The van der Waals surface area contributed by atoms with Gasteiger partial charge in [0.15, 0.2) is 6.10 Å². The monoisotopic (exact) mass is 273 g/mol. The van der Waals surface area contributed by atoms with E-state index in [9.17, 15) is 9.59 Å². The van der Waals surface area contributed by atoms with E-state index in [1.165, 1.54) is 7.11 Å². The lowest BCUT2D eigenvalue weighted by molar-refractivity contribution is -0.148. The van der Waals surface area contributed by atoms with Gasteiger partial charge in [-0.3, -0.25) is 4.79 Å². The van der Waals surface area contributed by atoms with Gasteiger partial charge in [0.25, 0.3) is 0 Å². The van der Waals surface area contributed by atoms with Gasteiger partial charge in [0, 0.05) is 20.8 Å². The highest BCUT2D eigenvalue weighted by Gasteiger charge is 2.40. The van der Waals surface area contributed by atoms with E-state index < -0.39 is 17.5 Å². The molecule has 2 N–H and O–H groups in total. The first-order valence-corrected chi connectivity index (χ1v) is 6.58. The lowest BCUT2D eigenvalue weighted by Crippen LogP contribution is -2.45. The molecule has 0 aromatic rings. The molecule has 0 aromatic heterocycles. The maximum Gasteiger partial charge on any atom is 0.334 e. The molecule has 6 nitrogen and oxygen atoms in total. The fourth-order valence-electron chi connectivity index (χ4n) is 2.58. The van der Waals surface area contributed by atoms with E-state index in [0.29, 0.717) is 13.0 Å². The fourth-order valence-corrected chi connectivity index (χ4v) is 2.58. The molecule has 1 saturated carbocycles. The average molecular weight is 273 g/mol. The van der Waals surface area contributed by atoms with Crippen LogP contribution in [0.1, 0.15) is 32.1 Å². The molecule has 1 unspecified atom stereocenters. The zero-order chi connectivity index (χ0) is 14.3. The van der Waals surface area contributed by atoms with E-state index in [0.717, 1.165) is 25.7 Å². The topological polar surface area (TPSA) is 84.9 Å². The number of aliphatic carboxylic acids is 1. The second kappa shape index (κ2) is 7.45. The van der Waals surface area contributed by atoms with Gasteiger partial charge in [-0.25, -0.2) is 4.79 Å². The Bertz CT molecular complexity index is 312. The molecule has 1 aliphatic carbocycles. The second-order valence-corrected chi connectivity index (χ2v) is 5.00. The van der Waals surface area contributed by atoms with E-state index in [1.807, 2.05) is 0 Å². The van der Waals surface area contributed by atoms with Crippen LogP contribution in [0, 0.1) is 5.41 Å². The van der Waals surface area contributed by atoms with Gasteiger partial charge in [-0.1, -0.05) is 12.8 Å². The Morgan fingerprint density at radius 2 is 1.95 bits per heavy atom. The number of methoxy groups -OCH3 is 2. The molecule has 0 bridgehead atoms. The minimum Gasteiger partial charge on any atom is -0.479 e. The van der Waals surface area contributed by atoms with Crippen molar-refractivity contribution in [3.63, 3.8) is 0 Å². The van der Waals surface area contributed by atoms with E-state index in [-0.39, 0.29) is 12.5 Å². The molecular weight excluding hydrogens is 250 g/mol. The molecule has 0 aliphatic heterocycles. The Morgan fingerprint density at radius 3 is 2.42 bits per heavy atom. The summed E-state index contributed by atoms with van der Waals surface area (Å²) in [6.07, 6.45) is 3.43. The quantitative estimate of drug-likeness (QED) is 0.683. The summed E-state index contributed by atoms with van der Waals surface area (Å²) in [4.78, 5) is 23.1. The van der Waals surface area contributed by atoms with Gasteiger partial charge in [0.2, 0.25) is 5.91 Å². The van der Waals surface area contributed by atoms with Crippen LogP contribution in [0.5, 0.6) is 0 Å². The van der Waals surface area contributed by atoms with Crippen molar-refractivity contribution >= 4 is 11.9 Å². The number of hydrogen-bond acceptors (Lipinski definition) is 4. The molecule has 1 aliphatic rings. The molecule has 0 spiro atoms. The Morgan fingerprint density at radius 1 is 1.32 bits per heavy atom. The van der Waals surface area contributed by atoms with Crippen LogP contribution in [0.3, 0.4) is 0 Å². The number of ether oxygens (including phenoxy) is 2. The summed E-state index contributed by atoms with van der Waals surface area (Å²) >= 11 is 0. The minimum absolute atomic E-state index is 0.000596. The molecule has 110 valence electrons. The number of hydrogen-bond donors (Lipinski definition) is 2. The van der Waals surface area contributed by atoms with Crippen LogP contribution in [0.4, 0.5) is 0 Å². The third-order valence-corrected chi connectivity index (χ3v) is 3.84. The van der Waals surface area contributed by atoms with Crippen molar-refractivity contribution in [1.82, 2.24) is 5.32 Å². The third-order valence-electron chi connectivity index (χ3n) is 3.84. The van der Waals surface area contributed by atoms with Gasteiger partial charge in [0.1, 0.15) is 0 Å². The Balaban J connectivity index is 2.55. The Labute approximate surface area is 113 Å². The lowest BCUT2D eigenvalue weighted by atomic mass is 9.82. The summed E-state index contributed by atoms with van der Waals surface area (Å²) in [6.45, 7) is 0.541. The molecule has 0 saturated heterocycles. The molecule has 0 heterocycles. The van der Waals surface area contributed by atoms with Crippen LogP contribution in [0.15, 0.2) is 0 Å². The summed E-state index contributed by atoms with van der Waals surface area (Å²) in [5, 5.41) is 11.6. The predicted molar refractivity (Wildman–Crippen MR) is 68.8 cm³/mol. The van der Waals surface area contributed by atoms with Crippen LogP contribution in [0.25, 0.3) is 0 Å². The molecule has 1 amide bonds. The highest BCUT2D eigenvalue weighted by atomic mass is 16.5. The number of carboxylic acid groups (broad SMARTS) is 1. The van der Waals surface area contributed by atoms with Crippen LogP contribution in [-0.4, -0.2) is 50.5 Å². The minimum atomic E-state index is -1.07. The number of carboxylic acids is 1. The van der Waals surface area contributed by atoms with Crippen molar-refractivity contribution in [3.8, 4) is 0 Å². The summed E-state index contributed by atoms with van der Waals surface area (Å²) in [6, 6.07) is 0. The first-order chi connectivity index (χ1) is 9.05. The number of carbonyl (C=O) groups excluding carboxylic acids is 1. The van der Waals surface area contributed by atoms with Crippen molar-refractivity contribution in [2.75, 3.05) is 27.4 Å². The maximum absolute atomic E-state index is 12.3. The van der Waals surface area contributed by atoms with Gasteiger partial charge in [0.05, 0.1) is 12.0 Å². The third kappa shape index (κ3) is 4.18. The Kier molecular flexibility index (Phi) is 6.24. The molecule has 1 atom stereocenters. The first-order valence-electron chi connectivity index (χ1n) is 6.58. The molecule has 0 radical (unpaired) electrons. The molecule has 1 rings (SSSR count). The largest absolute Gasteiger partial charge is 0.479 e. The summed E-state index contributed by atoms with van der Waals surface area (Å²) in [5.41, 5.74) is -0.396. The van der Waals surface area contributed by atoms with Crippen molar-refractivity contribution in [3.05, 3.63) is 0 Å². The first kappa shape index (κ1) is 15.9. The van der Waals surface area contributed by atoms with Gasteiger partial charge >= 0.3 is 5.97 Å². The van der Waals surface area contributed by atoms with Crippen molar-refractivity contribution < 1.29 is 24.2 Å². The second-order valence-electron chi connectivity index (χ2n) is 5.00. The maximum atomic E-state index is 12.3. The van der Waals surface area contributed by atoms with E-state index in [2.05, 4.69) is 5.32 Å². The molecule has 6 heteroatoms. The number of nitrogens with one attached hydrogen (secondary N) is 1. The molecule has 0 aromatic carbocycles. The van der Waals surface area contributed by atoms with Crippen LogP contribution >= 0.6 is 0 Å². The lowest BCUT2D eigenvalue weighted by Gasteiger charge is -2.28. The van der Waals surface area contributed by atoms with Crippen LogP contribution in [0.2, 0.25) is 0 Å². The van der Waals surface area contributed by atoms with Crippen LogP contribution < -0.4 is 5.32 Å². The normalized spacial score (nSPS) is 19.1. The van der Waals surface area contributed by atoms with Gasteiger partial charge in [-0.15, -0.1) is 0 Å². The number of carbonyl (C=O) groups is 2. The highest BCUT2D eigenvalue weighted by molar-refractivity contribution is 5.83. The Hall–Kier alpha value is -1.14. The van der Waals surface area contributed by atoms with E-state index in [4.69, 9.17) is 14.6 Å². The van der Waals surface area contributed by atoms with Crippen molar-refractivity contribution in [2.24, 2.45) is 5.41 Å². The SMILES string of the molecule is COCCC1(C(=O)NCC(OC)C(=O)O)CCCC1. The predicted octanol–water partition coefficient (Wildman–Crippen LogP) is 0.799. The zero-order valence-electron chi connectivity index (χ0n) is 11.6. The van der Waals surface area contributed by atoms with Crippen molar-refractivity contribution in [2.45, 2.75) is 38.2 Å². The molecular formula is C13H23NO5. The van der Waals surface area contributed by atoms with Gasteiger partial charge < -0.3 is 19.9 Å². The smallest absolute Gasteiger partial charge is 0.334 e. The van der Waals surface area contributed by atoms with Gasteiger partial charge in [-0.2, -0.15) is 0 Å². The fraction of sp³-hybridized carbons (Fsp3) is 0.846. The zero-order valence-corrected chi connectivity index (χ0v) is 11.6. The van der Waals surface area contributed by atoms with E-state index in [1.54, 1.807) is 7.11 Å². The average Bonchev–Trinajstić information content (AvgIpc) is 2.86. The standard InChI is InChI=1S/C13H23NO5/c1-18-8-7-13(5-3-4-6-13)12(17)14-9-10(19-2)11(15)16/h10H,3-9H2,1-2H3,(H,14,17)(H,15,16). The van der Waals surface area contributed by atoms with Crippen molar-refractivity contribution in [1.29, 1.82) is 0 Å². The number of rotatable bonds is 8.